The molecule has 0 saturated heterocycles. The molecule has 0 atom stereocenters. The lowest BCUT2D eigenvalue weighted by molar-refractivity contribution is 0.0600. The van der Waals surface area contributed by atoms with Gasteiger partial charge >= 0.3 is 5.97 Å². The molecule has 0 aromatic carbocycles. The van der Waals surface area contributed by atoms with Crippen molar-refractivity contribution in [1.29, 1.82) is 0 Å². The summed E-state index contributed by atoms with van der Waals surface area (Å²) in [6.45, 7) is 1.70. The first kappa shape index (κ1) is 8.07. The van der Waals surface area contributed by atoms with Crippen molar-refractivity contribution in [2.75, 3.05) is 7.11 Å². The van der Waals surface area contributed by atoms with Gasteiger partial charge in [0.25, 0.3) is 0 Å². The van der Waals surface area contributed by atoms with Gasteiger partial charge in [-0.3, -0.25) is 5.10 Å². The van der Waals surface area contributed by atoms with E-state index in [4.69, 9.17) is 11.6 Å². The first-order chi connectivity index (χ1) is 5.16. The van der Waals surface area contributed by atoms with Crippen molar-refractivity contribution in [2.24, 2.45) is 0 Å². The summed E-state index contributed by atoms with van der Waals surface area (Å²) in [6, 6.07) is 0. The first-order valence-electron chi connectivity index (χ1n) is 2.95. The maximum Gasteiger partial charge on any atom is 0.342 e. The number of aromatic nitrogens is 2. The summed E-state index contributed by atoms with van der Waals surface area (Å²) in [5.41, 5.74) is 0.913. The van der Waals surface area contributed by atoms with Crippen LogP contribution in [0.1, 0.15) is 16.1 Å². The van der Waals surface area contributed by atoms with E-state index in [0.717, 1.165) is 0 Å². The molecule has 11 heavy (non-hydrogen) atoms. The zero-order valence-corrected chi connectivity index (χ0v) is 6.90. The third-order valence-corrected chi connectivity index (χ3v) is 1.57. The van der Waals surface area contributed by atoms with E-state index in [2.05, 4.69) is 14.9 Å². The number of nitrogens with one attached hydrogen (secondary N) is 1. The minimum absolute atomic E-state index is 0.148. The van der Waals surface area contributed by atoms with Crippen LogP contribution in [0.2, 0.25) is 5.15 Å². The molecule has 0 saturated carbocycles. The van der Waals surface area contributed by atoms with Gasteiger partial charge in [-0.1, -0.05) is 11.6 Å². The third-order valence-electron chi connectivity index (χ3n) is 1.29. The Balaban J connectivity index is 3.10. The van der Waals surface area contributed by atoms with Crippen LogP contribution < -0.4 is 0 Å². The number of aryl methyl sites for hydroxylation is 1. The number of hydrogen-bond donors (Lipinski definition) is 1. The number of carbonyl (C=O) groups is 1. The molecule has 1 rings (SSSR count). The Bertz CT molecular complexity index is 263. The molecule has 0 aliphatic heterocycles. The maximum absolute atomic E-state index is 10.9. The number of esters is 1. The van der Waals surface area contributed by atoms with E-state index in [1.54, 1.807) is 6.92 Å². The molecular formula is C6H7ClN2O2. The van der Waals surface area contributed by atoms with Crippen LogP contribution in [0, 0.1) is 6.92 Å². The zero-order chi connectivity index (χ0) is 8.43. The molecule has 0 radical (unpaired) electrons. The Morgan fingerprint density at radius 1 is 1.73 bits per heavy atom. The van der Waals surface area contributed by atoms with Gasteiger partial charge < -0.3 is 4.74 Å². The molecule has 60 valence electrons. The summed E-state index contributed by atoms with van der Waals surface area (Å²) < 4.78 is 4.47. The summed E-state index contributed by atoms with van der Waals surface area (Å²) in [6.07, 6.45) is 0. The van der Waals surface area contributed by atoms with E-state index in [9.17, 15) is 4.79 Å². The molecule has 0 aliphatic carbocycles. The molecule has 0 bridgehead atoms. The molecule has 1 heterocycles. The number of methoxy groups -OCH3 is 1. The Kier molecular flexibility index (Phi) is 2.14. The normalized spacial score (nSPS) is 9.73. The van der Waals surface area contributed by atoms with Crippen molar-refractivity contribution >= 4 is 17.6 Å². The van der Waals surface area contributed by atoms with Crippen molar-refractivity contribution in [3.05, 3.63) is 16.4 Å². The molecule has 1 aromatic heterocycles. The van der Waals surface area contributed by atoms with E-state index in [-0.39, 0.29) is 5.15 Å². The number of aromatic amines is 1. The van der Waals surface area contributed by atoms with Gasteiger partial charge in [-0.2, -0.15) is 5.10 Å². The molecule has 0 spiro atoms. The minimum atomic E-state index is -0.471. The van der Waals surface area contributed by atoms with Crippen molar-refractivity contribution in [3.8, 4) is 0 Å². The lowest BCUT2D eigenvalue weighted by Gasteiger charge is -1.95. The number of H-pyrrole nitrogens is 1. The van der Waals surface area contributed by atoms with Gasteiger partial charge in [-0.05, 0) is 6.92 Å². The van der Waals surface area contributed by atoms with E-state index in [1.807, 2.05) is 0 Å². The highest BCUT2D eigenvalue weighted by molar-refractivity contribution is 6.32. The predicted molar refractivity (Wildman–Crippen MR) is 39.7 cm³/mol. The van der Waals surface area contributed by atoms with Crippen LogP contribution in [0.25, 0.3) is 0 Å². The first-order valence-corrected chi connectivity index (χ1v) is 3.33. The molecule has 1 aromatic rings. The van der Waals surface area contributed by atoms with Gasteiger partial charge in [0, 0.05) is 5.69 Å². The fourth-order valence-corrected chi connectivity index (χ4v) is 1.000. The topological polar surface area (TPSA) is 55.0 Å². The van der Waals surface area contributed by atoms with E-state index in [1.165, 1.54) is 7.11 Å². The third kappa shape index (κ3) is 1.35. The summed E-state index contributed by atoms with van der Waals surface area (Å²) in [4.78, 5) is 10.9. The monoisotopic (exact) mass is 174 g/mol. The average molecular weight is 175 g/mol. The number of rotatable bonds is 1. The van der Waals surface area contributed by atoms with Crippen LogP contribution >= 0.6 is 11.6 Å². The molecule has 0 fully saturated rings. The standard InChI is InChI=1S/C6H7ClN2O2/c1-3-4(6(10)11-2)5(7)9-8-3/h1-2H3,(H,8,9). The minimum Gasteiger partial charge on any atom is -0.465 e. The van der Waals surface area contributed by atoms with Crippen molar-refractivity contribution in [2.45, 2.75) is 6.92 Å². The smallest absolute Gasteiger partial charge is 0.342 e. The number of halogens is 1. The predicted octanol–water partition coefficient (Wildman–Crippen LogP) is 1.16. The Hall–Kier alpha value is -1.03. The molecule has 0 amide bonds. The van der Waals surface area contributed by atoms with Crippen molar-refractivity contribution in [3.63, 3.8) is 0 Å². The highest BCUT2D eigenvalue weighted by atomic mass is 35.5. The zero-order valence-electron chi connectivity index (χ0n) is 6.14. The van der Waals surface area contributed by atoms with Crippen LogP contribution in [0.15, 0.2) is 0 Å². The van der Waals surface area contributed by atoms with Gasteiger partial charge in [-0.15, -0.1) is 0 Å². The van der Waals surface area contributed by atoms with Gasteiger partial charge in [0.05, 0.1) is 7.11 Å². The van der Waals surface area contributed by atoms with Crippen LogP contribution in [-0.4, -0.2) is 23.3 Å². The number of carbonyl (C=O) groups excluding carboxylic acids is 1. The van der Waals surface area contributed by atoms with Crippen LogP contribution in [0.3, 0.4) is 0 Å². The van der Waals surface area contributed by atoms with Crippen molar-refractivity contribution in [1.82, 2.24) is 10.2 Å². The fraction of sp³-hybridized carbons (Fsp3) is 0.333. The lowest BCUT2D eigenvalue weighted by Crippen LogP contribution is -2.02. The number of hydrogen-bond acceptors (Lipinski definition) is 3. The molecule has 4 nitrogen and oxygen atoms in total. The highest BCUT2D eigenvalue weighted by Crippen LogP contribution is 2.16. The van der Waals surface area contributed by atoms with Gasteiger partial charge in [0.2, 0.25) is 0 Å². The Morgan fingerprint density at radius 3 is 2.73 bits per heavy atom. The molecule has 5 heteroatoms. The van der Waals surface area contributed by atoms with Gasteiger partial charge in [0.15, 0.2) is 5.15 Å². The van der Waals surface area contributed by atoms with E-state index < -0.39 is 5.97 Å². The second kappa shape index (κ2) is 2.92. The van der Waals surface area contributed by atoms with E-state index >= 15 is 0 Å². The summed E-state index contributed by atoms with van der Waals surface area (Å²) >= 11 is 5.58. The average Bonchev–Trinajstić information content (AvgIpc) is 2.30. The molecule has 1 N–H and O–H groups in total. The molecule has 0 unspecified atom stereocenters. The van der Waals surface area contributed by atoms with E-state index in [0.29, 0.717) is 11.3 Å². The molecular weight excluding hydrogens is 168 g/mol. The Labute approximate surface area is 68.5 Å². The largest absolute Gasteiger partial charge is 0.465 e. The Morgan fingerprint density at radius 2 is 2.36 bits per heavy atom. The van der Waals surface area contributed by atoms with Crippen molar-refractivity contribution < 1.29 is 9.53 Å². The quantitative estimate of drug-likeness (QED) is 0.650. The second-order valence-electron chi connectivity index (χ2n) is 2.01. The lowest BCUT2D eigenvalue weighted by atomic mass is 10.3. The van der Waals surface area contributed by atoms with Gasteiger partial charge in [-0.25, -0.2) is 4.79 Å². The summed E-state index contributed by atoms with van der Waals surface area (Å²) in [7, 11) is 1.30. The maximum atomic E-state index is 10.9. The SMILES string of the molecule is COC(=O)c1c(Cl)n[nH]c1C. The van der Waals surface area contributed by atoms with Crippen LogP contribution in [-0.2, 0) is 4.74 Å². The second-order valence-corrected chi connectivity index (χ2v) is 2.36. The van der Waals surface area contributed by atoms with Crippen LogP contribution in [0.5, 0.6) is 0 Å². The highest BCUT2D eigenvalue weighted by Gasteiger charge is 2.16. The fourth-order valence-electron chi connectivity index (χ4n) is 0.739. The van der Waals surface area contributed by atoms with Gasteiger partial charge in [0.1, 0.15) is 5.56 Å². The van der Waals surface area contributed by atoms with Crippen LogP contribution in [0.4, 0.5) is 0 Å². The number of ether oxygens (including phenoxy) is 1. The summed E-state index contributed by atoms with van der Waals surface area (Å²) in [5, 5.41) is 6.34. The number of nitrogens with zero attached hydrogens (tertiary/aromatic N) is 1. The summed E-state index contributed by atoms with van der Waals surface area (Å²) in [5.74, 6) is -0.471. The molecule has 0 aliphatic rings.